The molecule has 1 rings (SSSR count). The molecule has 112 valence electrons. The molecular weight excluding hydrogens is 254 g/mol. The van der Waals surface area contributed by atoms with E-state index in [4.69, 9.17) is 10.6 Å². The number of nitrogens with zero attached hydrogens (tertiary/aromatic N) is 1. The number of carbonyl (C=O) groups is 1. The number of hydrogen-bond acceptors (Lipinski definition) is 4. The van der Waals surface area contributed by atoms with Gasteiger partial charge in [-0.2, -0.15) is 0 Å². The summed E-state index contributed by atoms with van der Waals surface area (Å²) in [5.41, 5.74) is 3.37. The minimum atomic E-state index is -0.218. The Hall–Kier alpha value is -1.59. The fourth-order valence-electron chi connectivity index (χ4n) is 2.40. The van der Waals surface area contributed by atoms with Gasteiger partial charge in [-0.25, -0.2) is 5.84 Å². The number of methoxy groups -OCH3 is 1. The summed E-state index contributed by atoms with van der Waals surface area (Å²) in [5.74, 6) is 5.97. The van der Waals surface area contributed by atoms with Crippen molar-refractivity contribution in [3.05, 3.63) is 29.8 Å². The van der Waals surface area contributed by atoms with Crippen LogP contribution in [0.2, 0.25) is 0 Å². The van der Waals surface area contributed by atoms with E-state index in [1.807, 2.05) is 38.2 Å². The Balaban J connectivity index is 2.78. The van der Waals surface area contributed by atoms with E-state index in [9.17, 15) is 4.79 Å². The van der Waals surface area contributed by atoms with Gasteiger partial charge < -0.3 is 4.74 Å². The Kier molecular flexibility index (Phi) is 6.48. The number of nitrogens with one attached hydrogen (secondary N) is 1. The number of hydrogen-bond donors (Lipinski definition) is 2. The quantitative estimate of drug-likeness (QED) is 0.449. The Morgan fingerprint density at radius 1 is 1.45 bits per heavy atom. The molecule has 20 heavy (non-hydrogen) atoms. The molecule has 5 nitrogen and oxygen atoms in total. The summed E-state index contributed by atoms with van der Waals surface area (Å²) >= 11 is 0. The first-order valence-corrected chi connectivity index (χ1v) is 6.89. The van der Waals surface area contributed by atoms with E-state index in [0.29, 0.717) is 0 Å². The molecule has 3 N–H and O–H groups in total. The van der Waals surface area contributed by atoms with Gasteiger partial charge in [0, 0.05) is 6.04 Å². The molecule has 2 atom stereocenters. The van der Waals surface area contributed by atoms with Crippen molar-refractivity contribution in [1.82, 2.24) is 10.3 Å². The first-order valence-electron chi connectivity index (χ1n) is 6.89. The van der Waals surface area contributed by atoms with Crippen LogP contribution in [0.1, 0.15) is 25.8 Å². The van der Waals surface area contributed by atoms with E-state index in [0.717, 1.165) is 24.2 Å². The highest BCUT2D eigenvalue weighted by atomic mass is 16.5. The number of rotatable bonds is 7. The highest BCUT2D eigenvalue weighted by Crippen LogP contribution is 2.21. The van der Waals surface area contributed by atoms with Gasteiger partial charge in [0.15, 0.2) is 0 Å². The zero-order chi connectivity index (χ0) is 15.1. The lowest BCUT2D eigenvalue weighted by Crippen LogP contribution is -2.50. The van der Waals surface area contributed by atoms with Gasteiger partial charge in [-0.05, 0) is 38.4 Å². The number of hydrazine groups is 1. The summed E-state index contributed by atoms with van der Waals surface area (Å²) in [6.45, 7) is 4.07. The van der Waals surface area contributed by atoms with Crippen molar-refractivity contribution in [2.24, 2.45) is 5.84 Å². The Morgan fingerprint density at radius 2 is 2.10 bits per heavy atom. The normalized spacial score (nSPS) is 13.9. The largest absolute Gasteiger partial charge is 0.496 e. The third-order valence-electron chi connectivity index (χ3n) is 3.73. The SMILES string of the molecule is CCC(C(=O)NN)N(C)C(C)Cc1ccccc1OC. The summed E-state index contributed by atoms with van der Waals surface area (Å²) in [7, 11) is 3.62. The maximum Gasteiger partial charge on any atom is 0.251 e. The molecule has 2 unspecified atom stereocenters. The average molecular weight is 279 g/mol. The van der Waals surface area contributed by atoms with Crippen LogP contribution < -0.4 is 16.0 Å². The van der Waals surface area contributed by atoms with Gasteiger partial charge in [-0.1, -0.05) is 25.1 Å². The lowest BCUT2D eigenvalue weighted by atomic mass is 10.0. The number of para-hydroxylation sites is 1. The van der Waals surface area contributed by atoms with Crippen LogP contribution in [0, 0.1) is 0 Å². The molecule has 0 fully saturated rings. The van der Waals surface area contributed by atoms with Crippen molar-refractivity contribution in [3.8, 4) is 5.75 Å². The number of carbonyl (C=O) groups excluding carboxylic acids is 1. The van der Waals surface area contributed by atoms with Crippen LogP contribution in [-0.4, -0.2) is 37.0 Å². The van der Waals surface area contributed by atoms with Crippen LogP contribution in [0.4, 0.5) is 0 Å². The third kappa shape index (κ3) is 3.95. The van der Waals surface area contributed by atoms with E-state index in [1.165, 1.54) is 0 Å². The van der Waals surface area contributed by atoms with Crippen LogP contribution in [0.3, 0.4) is 0 Å². The molecule has 0 saturated heterocycles. The molecule has 5 heteroatoms. The molecule has 0 heterocycles. The Morgan fingerprint density at radius 3 is 2.65 bits per heavy atom. The molecule has 0 spiro atoms. The minimum absolute atomic E-state index is 0.151. The third-order valence-corrected chi connectivity index (χ3v) is 3.73. The summed E-state index contributed by atoms with van der Waals surface area (Å²) in [6, 6.07) is 7.93. The predicted octanol–water partition coefficient (Wildman–Crippen LogP) is 1.33. The average Bonchev–Trinajstić information content (AvgIpc) is 2.47. The van der Waals surface area contributed by atoms with Crippen LogP contribution in [0.5, 0.6) is 5.75 Å². The molecule has 1 amide bonds. The molecule has 1 aromatic carbocycles. The molecule has 0 bridgehead atoms. The lowest BCUT2D eigenvalue weighted by Gasteiger charge is -2.31. The first kappa shape index (κ1) is 16.5. The maximum absolute atomic E-state index is 11.8. The fourth-order valence-corrected chi connectivity index (χ4v) is 2.40. The van der Waals surface area contributed by atoms with E-state index < -0.39 is 0 Å². The maximum atomic E-state index is 11.8. The van der Waals surface area contributed by atoms with Crippen molar-refractivity contribution in [2.75, 3.05) is 14.2 Å². The summed E-state index contributed by atoms with van der Waals surface area (Å²) in [4.78, 5) is 13.8. The molecule has 0 aliphatic carbocycles. The zero-order valence-corrected chi connectivity index (χ0v) is 12.7. The topological polar surface area (TPSA) is 67.6 Å². The Bertz CT molecular complexity index is 437. The predicted molar refractivity (Wildman–Crippen MR) is 80.3 cm³/mol. The second-order valence-electron chi connectivity index (χ2n) is 4.96. The van der Waals surface area contributed by atoms with E-state index >= 15 is 0 Å². The highest BCUT2D eigenvalue weighted by molar-refractivity contribution is 5.81. The van der Waals surface area contributed by atoms with E-state index in [2.05, 4.69) is 17.2 Å². The monoisotopic (exact) mass is 279 g/mol. The highest BCUT2D eigenvalue weighted by Gasteiger charge is 2.24. The van der Waals surface area contributed by atoms with Gasteiger partial charge in [0.1, 0.15) is 5.75 Å². The fraction of sp³-hybridized carbons (Fsp3) is 0.533. The standard InChI is InChI=1S/C15H25N3O2/c1-5-13(15(19)17-16)18(3)11(2)10-12-8-6-7-9-14(12)20-4/h6-9,11,13H,5,10,16H2,1-4H3,(H,17,19). The molecule has 0 radical (unpaired) electrons. The summed E-state index contributed by atoms with van der Waals surface area (Å²) in [6.07, 6.45) is 1.53. The van der Waals surface area contributed by atoms with Crippen LogP contribution in [0.25, 0.3) is 0 Å². The molecule has 0 saturated carbocycles. The van der Waals surface area contributed by atoms with Crippen LogP contribution in [0.15, 0.2) is 24.3 Å². The van der Waals surface area contributed by atoms with Gasteiger partial charge in [-0.3, -0.25) is 15.1 Å². The number of amides is 1. The number of benzene rings is 1. The lowest BCUT2D eigenvalue weighted by molar-refractivity contribution is -0.126. The molecular formula is C15H25N3O2. The Labute approximate surface area is 121 Å². The van der Waals surface area contributed by atoms with Crippen LogP contribution >= 0.6 is 0 Å². The number of ether oxygens (including phenoxy) is 1. The molecule has 0 aliphatic rings. The first-order chi connectivity index (χ1) is 9.54. The number of likely N-dealkylation sites (N-methyl/N-ethyl adjacent to an activating group) is 1. The number of nitrogens with two attached hydrogens (primary N) is 1. The van der Waals surface area contributed by atoms with Gasteiger partial charge in [0.05, 0.1) is 13.2 Å². The second-order valence-corrected chi connectivity index (χ2v) is 4.96. The van der Waals surface area contributed by atoms with Crippen molar-refractivity contribution < 1.29 is 9.53 Å². The second kappa shape index (κ2) is 7.87. The van der Waals surface area contributed by atoms with E-state index in [-0.39, 0.29) is 18.0 Å². The molecule has 1 aromatic rings. The molecule has 0 aliphatic heterocycles. The van der Waals surface area contributed by atoms with Crippen molar-refractivity contribution in [2.45, 2.75) is 38.8 Å². The van der Waals surface area contributed by atoms with Gasteiger partial charge in [0.25, 0.3) is 5.91 Å². The zero-order valence-electron chi connectivity index (χ0n) is 12.7. The summed E-state index contributed by atoms with van der Waals surface area (Å²) < 4.78 is 5.36. The van der Waals surface area contributed by atoms with Crippen LogP contribution in [-0.2, 0) is 11.2 Å². The summed E-state index contributed by atoms with van der Waals surface area (Å²) in [5, 5.41) is 0. The van der Waals surface area contributed by atoms with Gasteiger partial charge in [-0.15, -0.1) is 0 Å². The minimum Gasteiger partial charge on any atom is -0.496 e. The van der Waals surface area contributed by atoms with E-state index in [1.54, 1.807) is 7.11 Å². The van der Waals surface area contributed by atoms with Crippen molar-refractivity contribution in [3.63, 3.8) is 0 Å². The molecule has 0 aromatic heterocycles. The van der Waals surface area contributed by atoms with Gasteiger partial charge in [0.2, 0.25) is 0 Å². The van der Waals surface area contributed by atoms with Gasteiger partial charge >= 0.3 is 0 Å². The van der Waals surface area contributed by atoms with Crippen molar-refractivity contribution >= 4 is 5.91 Å². The smallest absolute Gasteiger partial charge is 0.251 e. The van der Waals surface area contributed by atoms with Crippen molar-refractivity contribution in [1.29, 1.82) is 0 Å².